The molecular weight excluding hydrogens is 414 g/mol. The van der Waals surface area contributed by atoms with Gasteiger partial charge in [0.15, 0.2) is 0 Å². The minimum Gasteiger partial charge on any atom is -0.491 e. The fourth-order valence-electron chi connectivity index (χ4n) is 3.75. The number of carbonyl (C=O) groups is 1. The van der Waals surface area contributed by atoms with Crippen molar-refractivity contribution in [2.45, 2.75) is 46.1 Å². The molecule has 9 heteroatoms. The molecule has 1 saturated heterocycles. The SMILES string of the molecule is CC.Cc1cnccc1C(=O)N1CCCCC1COc1cccc2c1C(N)=NS(=O)N2. The highest BCUT2D eigenvalue weighted by atomic mass is 32.2. The Morgan fingerprint density at radius 1 is 1.32 bits per heavy atom. The summed E-state index contributed by atoms with van der Waals surface area (Å²) in [5, 5.41) is 0. The second-order valence-electron chi connectivity index (χ2n) is 7.16. The number of anilines is 1. The molecule has 2 unspecified atom stereocenters. The quantitative estimate of drug-likeness (QED) is 0.754. The first-order valence-electron chi connectivity index (χ1n) is 10.5. The molecule has 1 amide bonds. The zero-order valence-electron chi connectivity index (χ0n) is 18.1. The highest BCUT2D eigenvalue weighted by molar-refractivity contribution is 7.85. The predicted molar refractivity (Wildman–Crippen MR) is 123 cm³/mol. The number of pyridine rings is 1. The number of nitrogens with two attached hydrogens (primary N) is 1. The summed E-state index contributed by atoms with van der Waals surface area (Å²) < 4.78 is 24.4. The molecule has 1 aromatic heterocycles. The number of carbonyl (C=O) groups excluding carboxylic acids is 1. The van der Waals surface area contributed by atoms with E-state index in [1.165, 1.54) is 0 Å². The summed E-state index contributed by atoms with van der Waals surface area (Å²) in [5.41, 5.74) is 8.74. The molecule has 2 atom stereocenters. The summed E-state index contributed by atoms with van der Waals surface area (Å²) in [5.74, 6) is 0.745. The van der Waals surface area contributed by atoms with Crippen LogP contribution in [0.25, 0.3) is 0 Å². The van der Waals surface area contributed by atoms with Crippen LogP contribution < -0.4 is 15.2 Å². The molecule has 2 aromatic rings. The maximum Gasteiger partial charge on any atom is 0.254 e. The van der Waals surface area contributed by atoms with Crippen molar-refractivity contribution in [1.29, 1.82) is 0 Å². The minimum atomic E-state index is -1.58. The van der Waals surface area contributed by atoms with Gasteiger partial charge in [-0.15, -0.1) is 0 Å². The fourth-order valence-corrected chi connectivity index (χ4v) is 4.42. The Morgan fingerprint density at radius 2 is 2.13 bits per heavy atom. The lowest BCUT2D eigenvalue weighted by molar-refractivity contribution is 0.0527. The number of rotatable bonds is 4. The average Bonchev–Trinajstić information content (AvgIpc) is 2.78. The third-order valence-corrected chi connectivity index (χ3v) is 5.99. The van der Waals surface area contributed by atoms with E-state index in [0.717, 1.165) is 24.8 Å². The molecule has 166 valence electrons. The Labute approximate surface area is 185 Å². The van der Waals surface area contributed by atoms with Gasteiger partial charge in [-0.1, -0.05) is 19.9 Å². The first-order chi connectivity index (χ1) is 15.0. The normalized spacial score (nSPS) is 19.8. The second kappa shape index (κ2) is 10.4. The third kappa shape index (κ3) is 5.04. The largest absolute Gasteiger partial charge is 0.491 e. The van der Waals surface area contributed by atoms with Crippen LogP contribution in [-0.2, 0) is 11.2 Å². The molecule has 0 aliphatic carbocycles. The topological polar surface area (TPSA) is 110 Å². The molecule has 0 saturated carbocycles. The van der Waals surface area contributed by atoms with E-state index >= 15 is 0 Å². The number of nitrogens with zero attached hydrogens (tertiary/aromatic N) is 3. The van der Waals surface area contributed by atoms with Gasteiger partial charge >= 0.3 is 0 Å². The number of fused-ring (bicyclic) bond motifs is 1. The lowest BCUT2D eigenvalue weighted by Crippen LogP contribution is -2.47. The summed E-state index contributed by atoms with van der Waals surface area (Å²) >= 11 is -1.58. The van der Waals surface area contributed by atoms with Crippen LogP contribution in [0.5, 0.6) is 5.75 Å². The number of benzene rings is 1. The van der Waals surface area contributed by atoms with E-state index in [1.54, 1.807) is 36.7 Å². The van der Waals surface area contributed by atoms with E-state index in [4.69, 9.17) is 10.5 Å². The van der Waals surface area contributed by atoms with Crippen LogP contribution in [0.4, 0.5) is 5.69 Å². The molecule has 2 aliphatic heterocycles. The zero-order valence-corrected chi connectivity index (χ0v) is 18.9. The Kier molecular flexibility index (Phi) is 7.62. The van der Waals surface area contributed by atoms with E-state index in [2.05, 4.69) is 14.1 Å². The summed E-state index contributed by atoms with van der Waals surface area (Å²) in [6.07, 6.45) is 6.24. The fraction of sp³-hybridized carbons (Fsp3) is 0.409. The van der Waals surface area contributed by atoms with Crippen molar-refractivity contribution in [2.75, 3.05) is 17.9 Å². The van der Waals surface area contributed by atoms with Gasteiger partial charge < -0.3 is 15.4 Å². The molecule has 1 aromatic carbocycles. The summed E-state index contributed by atoms with van der Waals surface area (Å²) in [4.78, 5) is 19.1. The Balaban J connectivity index is 0.00000132. The number of hydrogen-bond donors (Lipinski definition) is 2. The smallest absolute Gasteiger partial charge is 0.254 e. The van der Waals surface area contributed by atoms with Gasteiger partial charge in [0.1, 0.15) is 18.2 Å². The van der Waals surface area contributed by atoms with Crippen molar-refractivity contribution < 1.29 is 13.7 Å². The Bertz CT molecular complexity index is 995. The van der Waals surface area contributed by atoms with Crippen LogP contribution in [-0.4, -0.2) is 45.0 Å². The number of likely N-dealkylation sites (tertiary alicyclic amines) is 1. The van der Waals surface area contributed by atoms with Crippen molar-refractivity contribution in [3.63, 3.8) is 0 Å². The number of aromatic nitrogens is 1. The molecule has 31 heavy (non-hydrogen) atoms. The molecule has 3 N–H and O–H groups in total. The predicted octanol–water partition coefficient (Wildman–Crippen LogP) is 3.20. The molecule has 2 aliphatic rings. The molecule has 0 spiro atoms. The van der Waals surface area contributed by atoms with Gasteiger partial charge in [-0.3, -0.25) is 14.5 Å². The third-order valence-electron chi connectivity index (χ3n) is 5.23. The van der Waals surface area contributed by atoms with E-state index in [1.807, 2.05) is 25.7 Å². The van der Waals surface area contributed by atoms with Gasteiger partial charge in [0.2, 0.25) is 11.2 Å². The highest BCUT2D eigenvalue weighted by Gasteiger charge is 2.29. The van der Waals surface area contributed by atoms with Gasteiger partial charge in [0, 0.05) is 24.5 Å². The van der Waals surface area contributed by atoms with Crippen molar-refractivity contribution in [2.24, 2.45) is 10.1 Å². The van der Waals surface area contributed by atoms with Crippen molar-refractivity contribution in [1.82, 2.24) is 9.88 Å². The second-order valence-corrected chi connectivity index (χ2v) is 8.04. The number of hydrogen-bond acceptors (Lipinski definition) is 5. The van der Waals surface area contributed by atoms with E-state index in [-0.39, 0.29) is 17.8 Å². The van der Waals surface area contributed by atoms with Crippen molar-refractivity contribution in [3.05, 3.63) is 53.3 Å². The van der Waals surface area contributed by atoms with Gasteiger partial charge in [0.05, 0.1) is 17.3 Å². The van der Waals surface area contributed by atoms with Crippen molar-refractivity contribution in [3.8, 4) is 5.75 Å². The van der Waals surface area contributed by atoms with E-state index in [0.29, 0.717) is 35.7 Å². The summed E-state index contributed by atoms with van der Waals surface area (Å²) in [7, 11) is 0. The molecule has 1 fully saturated rings. The number of amidine groups is 1. The number of ether oxygens (including phenoxy) is 1. The minimum absolute atomic E-state index is 0.00595. The lowest BCUT2D eigenvalue weighted by Gasteiger charge is -2.36. The van der Waals surface area contributed by atoms with Crippen LogP contribution in [0.1, 0.15) is 54.6 Å². The summed E-state index contributed by atoms with van der Waals surface area (Å²) in [6, 6.07) is 7.12. The van der Waals surface area contributed by atoms with Crippen LogP contribution >= 0.6 is 0 Å². The average molecular weight is 444 g/mol. The first-order valence-corrected chi connectivity index (χ1v) is 11.7. The van der Waals surface area contributed by atoms with Gasteiger partial charge in [0.25, 0.3) is 5.91 Å². The van der Waals surface area contributed by atoms with Crippen LogP contribution in [0.2, 0.25) is 0 Å². The molecule has 0 radical (unpaired) electrons. The number of aryl methyl sites for hydroxylation is 1. The number of nitrogens with one attached hydrogen (secondary N) is 1. The molecular formula is C22H29N5O3S. The number of piperidine rings is 1. The zero-order chi connectivity index (χ0) is 22.4. The number of amides is 1. The van der Waals surface area contributed by atoms with E-state index in [9.17, 15) is 9.00 Å². The van der Waals surface area contributed by atoms with Gasteiger partial charge in [-0.2, -0.15) is 4.40 Å². The van der Waals surface area contributed by atoms with Crippen LogP contribution in [0.3, 0.4) is 0 Å². The Hall–Kier alpha value is -2.94. The standard InChI is InChI=1S/C20H23N5O3S.C2H6/c1-13-11-22-9-8-15(13)20(26)25-10-3-2-5-14(25)12-28-17-7-4-6-16-18(17)19(21)24-29(27)23-16;1-2/h4,6-9,11,14,23H,2-3,5,10,12H2,1H3,(H2,21,24);1-2H3. The molecule has 0 bridgehead atoms. The molecule has 3 heterocycles. The van der Waals surface area contributed by atoms with Crippen LogP contribution in [0, 0.1) is 6.92 Å². The maximum atomic E-state index is 13.1. The Morgan fingerprint density at radius 3 is 2.90 bits per heavy atom. The van der Waals surface area contributed by atoms with Crippen molar-refractivity contribution >= 4 is 28.6 Å². The maximum absolute atomic E-state index is 13.1. The lowest BCUT2D eigenvalue weighted by atomic mass is 10.0. The van der Waals surface area contributed by atoms with Gasteiger partial charge in [-0.05, 0) is 49.9 Å². The first kappa shape index (κ1) is 22.7. The monoisotopic (exact) mass is 443 g/mol. The summed E-state index contributed by atoms with van der Waals surface area (Å²) in [6.45, 7) is 6.94. The highest BCUT2D eigenvalue weighted by Crippen LogP contribution is 2.30. The van der Waals surface area contributed by atoms with E-state index < -0.39 is 11.2 Å². The molecule has 8 nitrogen and oxygen atoms in total. The molecule has 4 rings (SSSR count). The van der Waals surface area contributed by atoms with Crippen LogP contribution in [0.15, 0.2) is 41.1 Å². The van der Waals surface area contributed by atoms with Gasteiger partial charge in [-0.25, -0.2) is 4.21 Å².